The highest BCUT2D eigenvalue weighted by Gasteiger charge is 2.29. The molecule has 1 aliphatic heterocycles. The highest BCUT2D eigenvalue weighted by Crippen LogP contribution is 2.21. The van der Waals surface area contributed by atoms with E-state index >= 15 is 0 Å². The normalized spacial score (nSPS) is 18.6. The summed E-state index contributed by atoms with van der Waals surface area (Å²) in [7, 11) is -3.40. The first-order chi connectivity index (χ1) is 9.14. The first-order valence-corrected chi connectivity index (χ1v) is 8.78. The molecule has 1 aromatic rings. The van der Waals surface area contributed by atoms with Crippen molar-refractivity contribution in [2.45, 2.75) is 23.8 Å². The van der Waals surface area contributed by atoms with E-state index in [9.17, 15) is 8.42 Å². The lowest BCUT2D eigenvalue weighted by Gasteiger charge is -2.30. The summed E-state index contributed by atoms with van der Waals surface area (Å²) < 4.78 is 31.8. The zero-order valence-corrected chi connectivity index (χ0v) is 12.9. The van der Waals surface area contributed by atoms with E-state index in [2.05, 4.69) is 20.9 Å². The molecule has 0 atom stereocenters. The molecule has 1 saturated heterocycles. The Hall–Kier alpha value is -0.500. The maximum atomic E-state index is 12.3. The van der Waals surface area contributed by atoms with Crippen LogP contribution < -0.4 is 0 Å². The Balaban J connectivity index is 1.98. The van der Waals surface area contributed by atoms with Crippen LogP contribution in [0.2, 0.25) is 0 Å². The summed E-state index contributed by atoms with van der Waals surface area (Å²) >= 11 is 3.31. The lowest BCUT2D eigenvalue weighted by Crippen LogP contribution is -2.41. The molecule has 7 heteroatoms. The van der Waals surface area contributed by atoms with Gasteiger partial charge in [0.25, 0.3) is 0 Å². The molecular weight excluding hydrogens is 332 g/mol. The third kappa shape index (κ3) is 3.75. The Labute approximate surface area is 122 Å². The van der Waals surface area contributed by atoms with Gasteiger partial charge < -0.3 is 4.74 Å². The van der Waals surface area contributed by atoms with Crippen LogP contribution in [-0.4, -0.2) is 48.8 Å². The first kappa shape index (κ1) is 14.9. The molecule has 1 aromatic heterocycles. The largest absolute Gasteiger partial charge is 0.377 e. The van der Waals surface area contributed by atoms with E-state index in [4.69, 9.17) is 4.74 Å². The maximum absolute atomic E-state index is 12.3. The quantitative estimate of drug-likeness (QED) is 0.759. The Morgan fingerprint density at radius 2 is 2.16 bits per heavy atom. The molecule has 1 aliphatic rings. The second kappa shape index (κ2) is 6.78. The average Bonchev–Trinajstić information content (AvgIpc) is 2.46. The van der Waals surface area contributed by atoms with Gasteiger partial charge in [0.15, 0.2) is 0 Å². The molecule has 0 aliphatic carbocycles. The second-order valence-electron chi connectivity index (χ2n) is 4.35. The van der Waals surface area contributed by atoms with Gasteiger partial charge in [-0.1, -0.05) is 15.9 Å². The Morgan fingerprint density at radius 1 is 1.42 bits per heavy atom. The predicted octanol–water partition coefficient (Wildman–Crippen LogP) is 1.65. The van der Waals surface area contributed by atoms with Crippen LogP contribution in [0.3, 0.4) is 0 Å². The second-order valence-corrected chi connectivity index (χ2v) is 7.08. The summed E-state index contributed by atoms with van der Waals surface area (Å²) in [4.78, 5) is 4.12. The average molecular weight is 349 g/mol. The number of ether oxygens (including phenoxy) is 1. The Bertz CT molecular complexity index is 487. The highest BCUT2D eigenvalue weighted by molar-refractivity contribution is 9.09. The van der Waals surface area contributed by atoms with Crippen molar-refractivity contribution >= 4 is 26.0 Å². The van der Waals surface area contributed by atoms with Gasteiger partial charge in [-0.3, -0.25) is 4.98 Å². The molecular formula is C12H17BrN2O3S. The number of nitrogens with zero attached hydrogens (tertiary/aromatic N) is 2. The molecule has 1 fully saturated rings. The Morgan fingerprint density at radius 3 is 2.74 bits per heavy atom. The minimum absolute atomic E-state index is 0.165. The van der Waals surface area contributed by atoms with Crippen LogP contribution in [0.1, 0.15) is 12.8 Å². The van der Waals surface area contributed by atoms with Crippen LogP contribution in [0.15, 0.2) is 29.4 Å². The van der Waals surface area contributed by atoms with E-state index in [0.29, 0.717) is 19.7 Å². The van der Waals surface area contributed by atoms with E-state index in [0.717, 1.165) is 18.2 Å². The van der Waals surface area contributed by atoms with Gasteiger partial charge in [-0.2, -0.15) is 4.31 Å². The third-order valence-electron chi connectivity index (χ3n) is 3.10. The van der Waals surface area contributed by atoms with E-state index in [1.165, 1.54) is 10.5 Å². The molecule has 106 valence electrons. The summed E-state index contributed by atoms with van der Waals surface area (Å²) in [6.07, 6.45) is 4.61. The SMILES string of the molecule is O=S(=O)(c1cccnc1)N1CCC(OCCBr)CC1. The van der Waals surface area contributed by atoms with Gasteiger partial charge in [0.05, 0.1) is 12.7 Å². The summed E-state index contributed by atoms with van der Waals surface area (Å²) in [6.45, 7) is 1.67. The molecule has 0 aromatic carbocycles. The number of alkyl halides is 1. The van der Waals surface area contributed by atoms with Crippen LogP contribution in [0.4, 0.5) is 0 Å². The molecule has 0 radical (unpaired) electrons. The topological polar surface area (TPSA) is 59.5 Å². The predicted molar refractivity (Wildman–Crippen MR) is 75.8 cm³/mol. The van der Waals surface area contributed by atoms with Gasteiger partial charge in [-0.15, -0.1) is 0 Å². The highest BCUT2D eigenvalue weighted by atomic mass is 79.9. The standard InChI is InChI=1S/C12H17BrN2O3S/c13-5-9-18-11-3-7-15(8-4-11)19(16,17)12-2-1-6-14-10-12/h1-2,6,10-11H,3-5,7-9H2. The van der Waals surface area contributed by atoms with Crippen LogP contribution in [-0.2, 0) is 14.8 Å². The number of hydrogen-bond donors (Lipinski definition) is 0. The van der Waals surface area contributed by atoms with Crippen molar-refractivity contribution in [2.24, 2.45) is 0 Å². The summed E-state index contributed by atoms with van der Waals surface area (Å²) in [5.74, 6) is 0. The van der Waals surface area contributed by atoms with Gasteiger partial charge >= 0.3 is 0 Å². The lowest BCUT2D eigenvalue weighted by atomic mass is 10.1. The summed E-state index contributed by atoms with van der Waals surface area (Å²) in [5.41, 5.74) is 0. The number of piperidine rings is 1. The minimum atomic E-state index is -3.40. The Kier molecular flexibility index (Phi) is 5.32. The monoisotopic (exact) mass is 348 g/mol. The number of rotatable bonds is 5. The van der Waals surface area contributed by atoms with Gasteiger partial charge in [0.2, 0.25) is 10.0 Å². The fourth-order valence-electron chi connectivity index (χ4n) is 2.10. The number of hydrogen-bond acceptors (Lipinski definition) is 4. The molecule has 0 unspecified atom stereocenters. The zero-order chi connectivity index (χ0) is 13.7. The van der Waals surface area contributed by atoms with Crippen LogP contribution in [0.25, 0.3) is 0 Å². The van der Waals surface area contributed by atoms with E-state index in [-0.39, 0.29) is 11.0 Å². The number of pyridine rings is 1. The van der Waals surface area contributed by atoms with E-state index < -0.39 is 10.0 Å². The van der Waals surface area contributed by atoms with Crippen molar-refractivity contribution in [3.05, 3.63) is 24.5 Å². The number of sulfonamides is 1. The minimum Gasteiger partial charge on any atom is -0.377 e. The first-order valence-electron chi connectivity index (χ1n) is 6.22. The number of halogens is 1. The smallest absolute Gasteiger partial charge is 0.244 e. The zero-order valence-electron chi connectivity index (χ0n) is 10.5. The van der Waals surface area contributed by atoms with Crippen LogP contribution >= 0.6 is 15.9 Å². The molecule has 0 N–H and O–H groups in total. The molecule has 0 saturated carbocycles. The van der Waals surface area contributed by atoms with Gasteiger partial charge in [-0.25, -0.2) is 8.42 Å². The fraction of sp³-hybridized carbons (Fsp3) is 0.583. The molecule has 2 heterocycles. The molecule has 0 spiro atoms. The molecule has 5 nitrogen and oxygen atoms in total. The molecule has 0 amide bonds. The van der Waals surface area contributed by atoms with Gasteiger partial charge in [0.1, 0.15) is 4.90 Å². The van der Waals surface area contributed by atoms with Gasteiger partial charge in [0, 0.05) is 30.8 Å². The van der Waals surface area contributed by atoms with Crippen molar-refractivity contribution in [1.82, 2.24) is 9.29 Å². The summed E-state index contributed by atoms with van der Waals surface area (Å²) in [5, 5.41) is 0.807. The third-order valence-corrected chi connectivity index (χ3v) is 5.31. The maximum Gasteiger partial charge on any atom is 0.244 e. The van der Waals surface area contributed by atoms with Crippen molar-refractivity contribution in [1.29, 1.82) is 0 Å². The van der Waals surface area contributed by atoms with Crippen LogP contribution in [0.5, 0.6) is 0 Å². The van der Waals surface area contributed by atoms with Crippen molar-refractivity contribution in [2.75, 3.05) is 25.0 Å². The molecule has 19 heavy (non-hydrogen) atoms. The van der Waals surface area contributed by atoms with E-state index in [1.54, 1.807) is 18.3 Å². The van der Waals surface area contributed by atoms with Crippen LogP contribution in [0, 0.1) is 0 Å². The number of aromatic nitrogens is 1. The molecule has 2 rings (SSSR count). The summed E-state index contributed by atoms with van der Waals surface area (Å²) in [6, 6.07) is 3.22. The van der Waals surface area contributed by atoms with Gasteiger partial charge in [-0.05, 0) is 25.0 Å². The molecule has 0 bridgehead atoms. The lowest BCUT2D eigenvalue weighted by molar-refractivity contribution is 0.0309. The van der Waals surface area contributed by atoms with E-state index in [1.807, 2.05) is 0 Å². The fourth-order valence-corrected chi connectivity index (χ4v) is 3.72. The van der Waals surface area contributed by atoms with Crippen molar-refractivity contribution in [3.8, 4) is 0 Å². The van der Waals surface area contributed by atoms with Crippen molar-refractivity contribution < 1.29 is 13.2 Å². The van der Waals surface area contributed by atoms with Crippen molar-refractivity contribution in [3.63, 3.8) is 0 Å².